The maximum Gasteiger partial charge on any atom is 0.0615 e. The van der Waals surface area contributed by atoms with Gasteiger partial charge in [-0.05, 0) is 6.92 Å². The normalized spacial score (nSPS) is 10.9. The lowest BCUT2D eigenvalue weighted by molar-refractivity contribution is 0.341. The number of terminal acetylenes is 1. The summed E-state index contributed by atoms with van der Waals surface area (Å²) in [5.41, 5.74) is 1.05. The molecule has 0 bridgehead atoms. The number of rotatable bonds is 2. The lowest BCUT2D eigenvalue weighted by Crippen LogP contribution is -1.77. The van der Waals surface area contributed by atoms with Crippen LogP contribution in [0.1, 0.15) is 13.3 Å². The SMILES string of the molecule is C#CCC(C)=CCO. The molecular formula is C7H10O. The molecule has 0 unspecified atom stereocenters. The minimum Gasteiger partial charge on any atom is -0.392 e. The molecule has 44 valence electrons. The summed E-state index contributed by atoms with van der Waals surface area (Å²) in [5, 5.41) is 8.32. The topological polar surface area (TPSA) is 20.2 Å². The summed E-state index contributed by atoms with van der Waals surface area (Å²) in [4.78, 5) is 0. The van der Waals surface area contributed by atoms with Gasteiger partial charge in [-0.25, -0.2) is 0 Å². The van der Waals surface area contributed by atoms with Gasteiger partial charge in [-0.1, -0.05) is 11.6 Å². The summed E-state index contributed by atoms with van der Waals surface area (Å²) in [6.07, 6.45) is 7.33. The zero-order valence-electron chi connectivity index (χ0n) is 5.02. The van der Waals surface area contributed by atoms with Gasteiger partial charge in [0.2, 0.25) is 0 Å². The van der Waals surface area contributed by atoms with E-state index in [0.29, 0.717) is 6.42 Å². The summed E-state index contributed by atoms with van der Waals surface area (Å²) in [6.45, 7) is 1.99. The summed E-state index contributed by atoms with van der Waals surface area (Å²) < 4.78 is 0. The van der Waals surface area contributed by atoms with Gasteiger partial charge in [-0.3, -0.25) is 0 Å². The first-order valence-corrected chi connectivity index (χ1v) is 2.51. The molecule has 0 aromatic rings. The number of hydrogen-bond acceptors (Lipinski definition) is 1. The van der Waals surface area contributed by atoms with Crippen molar-refractivity contribution in [1.29, 1.82) is 0 Å². The average molecular weight is 110 g/mol. The predicted molar refractivity (Wildman–Crippen MR) is 34.3 cm³/mol. The molecule has 1 heteroatoms. The molecule has 0 rings (SSSR count). The van der Waals surface area contributed by atoms with Crippen molar-refractivity contribution in [2.45, 2.75) is 13.3 Å². The van der Waals surface area contributed by atoms with E-state index < -0.39 is 0 Å². The molecule has 0 aliphatic carbocycles. The summed E-state index contributed by atoms with van der Waals surface area (Å²) in [5.74, 6) is 2.47. The van der Waals surface area contributed by atoms with Gasteiger partial charge in [0.15, 0.2) is 0 Å². The number of aliphatic hydroxyl groups excluding tert-OH is 1. The highest BCUT2D eigenvalue weighted by atomic mass is 16.2. The molecule has 0 aromatic carbocycles. The Hall–Kier alpha value is -0.740. The third kappa shape index (κ3) is 3.45. The van der Waals surface area contributed by atoms with Gasteiger partial charge in [-0.2, -0.15) is 0 Å². The Morgan fingerprint density at radius 3 is 2.88 bits per heavy atom. The summed E-state index contributed by atoms with van der Waals surface area (Å²) in [6, 6.07) is 0. The lowest BCUT2D eigenvalue weighted by atomic mass is 10.2. The standard InChI is InChI=1S/C7H10O/c1-3-4-7(2)5-6-8/h1,5,8H,4,6H2,2H3. The van der Waals surface area contributed by atoms with Crippen LogP contribution in [0.2, 0.25) is 0 Å². The first-order valence-electron chi connectivity index (χ1n) is 2.51. The molecule has 0 aromatic heterocycles. The molecule has 0 saturated heterocycles. The zero-order chi connectivity index (χ0) is 6.41. The lowest BCUT2D eigenvalue weighted by Gasteiger charge is -1.88. The molecule has 0 aliphatic rings. The number of hydrogen-bond donors (Lipinski definition) is 1. The van der Waals surface area contributed by atoms with Crippen molar-refractivity contribution in [3.63, 3.8) is 0 Å². The molecule has 1 nitrogen and oxygen atoms in total. The van der Waals surface area contributed by atoms with Gasteiger partial charge in [0.1, 0.15) is 0 Å². The van der Waals surface area contributed by atoms with Gasteiger partial charge >= 0.3 is 0 Å². The fourth-order valence-electron chi connectivity index (χ4n) is 0.389. The molecule has 0 saturated carbocycles. The van der Waals surface area contributed by atoms with Crippen LogP contribution in [0.4, 0.5) is 0 Å². The smallest absolute Gasteiger partial charge is 0.0615 e. The molecular weight excluding hydrogens is 100 g/mol. The van der Waals surface area contributed by atoms with E-state index in [1.54, 1.807) is 6.08 Å². The molecule has 8 heavy (non-hydrogen) atoms. The third-order valence-electron chi connectivity index (χ3n) is 0.821. The molecule has 0 radical (unpaired) electrons. The molecule has 0 spiro atoms. The van der Waals surface area contributed by atoms with E-state index in [4.69, 9.17) is 11.5 Å². The van der Waals surface area contributed by atoms with E-state index in [1.165, 1.54) is 0 Å². The second-order valence-electron chi connectivity index (χ2n) is 1.61. The summed E-state index contributed by atoms with van der Waals surface area (Å²) in [7, 11) is 0. The van der Waals surface area contributed by atoms with Crippen molar-refractivity contribution >= 4 is 0 Å². The van der Waals surface area contributed by atoms with Crippen molar-refractivity contribution in [2.24, 2.45) is 0 Å². The molecule has 0 atom stereocenters. The van der Waals surface area contributed by atoms with Crippen LogP contribution in [0.5, 0.6) is 0 Å². The Balaban J connectivity index is 3.49. The first-order chi connectivity index (χ1) is 3.81. The Kier molecular flexibility index (Phi) is 4.01. The van der Waals surface area contributed by atoms with E-state index in [0.717, 1.165) is 5.57 Å². The molecule has 1 N–H and O–H groups in total. The quantitative estimate of drug-likeness (QED) is 0.414. The van der Waals surface area contributed by atoms with Crippen molar-refractivity contribution in [2.75, 3.05) is 6.61 Å². The fraction of sp³-hybridized carbons (Fsp3) is 0.429. The summed E-state index contributed by atoms with van der Waals surface area (Å²) >= 11 is 0. The van der Waals surface area contributed by atoms with E-state index >= 15 is 0 Å². The molecule has 0 fully saturated rings. The van der Waals surface area contributed by atoms with Crippen molar-refractivity contribution in [1.82, 2.24) is 0 Å². The minimum absolute atomic E-state index is 0.0908. The van der Waals surface area contributed by atoms with Gasteiger partial charge < -0.3 is 5.11 Å². The van der Waals surface area contributed by atoms with Crippen LogP contribution in [0.3, 0.4) is 0 Å². The monoisotopic (exact) mass is 110 g/mol. The Morgan fingerprint density at radius 1 is 1.88 bits per heavy atom. The zero-order valence-corrected chi connectivity index (χ0v) is 5.02. The maximum absolute atomic E-state index is 8.32. The minimum atomic E-state index is 0.0908. The second-order valence-corrected chi connectivity index (χ2v) is 1.61. The van der Waals surface area contributed by atoms with Crippen LogP contribution in [0.15, 0.2) is 11.6 Å². The Bertz CT molecular complexity index is 117. The van der Waals surface area contributed by atoms with Crippen LogP contribution in [-0.2, 0) is 0 Å². The first kappa shape index (κ1) is 7.26. The Morgan fingerprint density at radius 2 is 2.50 bits per heavy atom. The van der Waals surface area contributed by atoms with Crippen molar-refractivity contribution < 1.29 is 5.11 Å². The van der Waals surface area contributed by atoms with E-state index in [2.05, 4.69) is 5.92 Å². The van der Waals surface area contributed by atoms with Crippen LogP contribution >= 0.6 is 0 Å². The molecule has 0 heterocycles. The van der Waals surface area contributed by atoms with E-state index in [9.17, 15) is 0 Å². The van der Waals surface area contributed by atoms with Crippen LogP contribution < -0.4 is 0 Å². The average Bonchev–Trinajstić information content (AvgIpc) is 1.68. The maximum atomic E-state index is 8.32. The van der Waals surface area contributed by atoms with Crippen LogP contribution in [0.25, 0.3) is 0 Å². The van der Waals surface area contributed by atoms with Gasteiger partial charge in [-0.15, -0.1) is 12.3 Å². The van der Waals surface area contributed by atoms with Gasteiger partial charge in [0.25, 0.3) is 0 Å². The Labute approximate surface area is 50.0 Å². The van der Waals surface area contributed by atoms with E-state index in [-0.39, 0.29) is 6.61 Å². The van der Waals surface area contributed by atoms with E-state index in [1.807, 2.05) is 6.92 Å². The largest absolute Gasteiger partial charge is 0.392 e. The van der Waals surface area contributed by atoms with Crippen LogP contribution in [-0.4, -0.2) is 11.7 Å². The van der Waals surface area contributed by atoms with Crippen molar-refractivity contribution in [3.8, 4) is 12.3 Å². The van der Waals surface area contributed by atoms with Crippen LogP contribution in [0, 0.1) is 12.3 Å². The number of allylic oxidation sites excluding steroid dienone is 1. The highest BCUT2D eigenvalue weighted by Crippen LogP contribution is 1.94. The van der Waals surface area contributed by atoms with Gasteiger partial charge in [0.05, 0.1) is 6.61 Å². The fourth-order valence-corrected chi connectivity index (χ4v) is 0.389. The second kappa shape index (κ2) is 4.42. The van der Waals surface area contributed by atoms with Crippen molar-refractivity contribution in [3.05, 3.63) is 11.6 Å². The highest BCUT2D eigenvalue weighted by molar-refractivity contribution is 5.07. The molecule has 0 amide bonds. The predicted octanol–water partition coefficient (Wildman–Crippen LogP) is 0.948. The molecule has 0 aliphatic heterocycles. The number of aliphatic hydroxyl groups is 1. The third-order valence-corrected chi connectivity index (χ3v) is 0.821. The highest BCUT2D eigenvalue weighted by Gasteiger charge is 1.80. The van der Waals surface area contributed by atoms with Gasteiger partial charge in [0, 0.05) is 6.42 Å².